The maximum absolute atomic E-state index is 5.93. The number of hydrogen-bond acceptors (Lipinski definition) is 4. The molecule has 2 atom stereocenters. The van der Waals surface area contributed by atoms with Gasteiger partial charge in [0.25, 0.3) is 0 Å². The highest BCUT2D eigenvalue weighted by molar-refractivity contribution is 5.30. The van der Waals surface area contributed by atoms with E-state index >= 15 is 0 Å². The molecule has 2 aromatic rings. The normalized spacial score (nSPS) is 23.2. The standard InChI is InChI=1S/C22H28N3O/c1-2-17-13-23-22(24-14-17)25-10-8-19(9-11-25)21-12-20(21)16-26-15-18-6-4-3-5-7-18/h3-4,6-7,13-14,19-21H,2,8-12,15-16H2,1H3/t20-,21+/m0/s1. The molecule has 0 bridgehead atoms. The second-order valence-electron chi connectivity index (χ2n) is 7.66. The monoisotopic (exact) mass is 350 g/mol. The van der Waals surface area contributed by atoms with Gasteiger partial charge in [-0.3, -0.25) is 0 Å². The van der Waals surface area contributed by atoms with Gasteiger partial charge in [-0.1, -0.05) is 25.1 Å². The first-order valence-electron chi connectivity index (χ1n) is 9.92. The summed E-state index contributed by atoms with van der Waals surface area (Å²) in [6.45, 7) is 5.92. The van der Waals surface area contributed by atoms with Crippen molar-refractivity contribution in [2.75, 3.05) is 24.6 Å². The van der Waals surface area contributed by atoms with E-state index < -0.39 is 0 Å². The summed E-state index contributed by atoms with van der Waals surface area (Å²) in [6.07, 6.45) is 8.78. The number of ether oxygens (including phenoxy) is 1. The zero-order valence-electron chi connectivity index (χ0n) is 15.6. The Bertz CT molecular complexity index is 680. The predicted molar refractivity (Wildman–Crippen MR) is 103 cm³/mol. The first-order chi connectivity index (χ1) is 12.8. The van der Waals surface area contributed by atoms with Gasteiger partial charge in [0.2, 0.25) is 5.95 Å². The van der Waals surface area contributed by atoms with Crippen molar-refractivity contribution in [3.8, 4) is 0 Å². The number of hydrogen-bond donors (Lipinski definition) is 0. The molecule has 1 aliphatic heterocycles. The molecule has 1 saturated carbocycles. The van der Waals surface area contributed by atoms with Crippen molar-refractivity contribution < 1.29 is 4.74 Å². The summed E-state index contributed by atoms with van der Waals surface area (Å²) in [5.41, 5.74) is 2.42. The van der Waals surface area contributed by atoms with E-state index in [1.165, 1.54) is 30.4 Å². The lowest BCUT2D eigenvalue weighted by Crippen LogP contribution is -2.35. The summed E-state index contributed by atoms with van der Waals surface area (Å²) in [5.74, 6) is 3.37. The Kier molecular flexibility index (Phi) is 5.49. The largest absolute Gasteiger partial charge is 0.376 e. The Hall–Kier alpha value is -1.94. The molecule has 4 rings (SSSR count). The van der Waals surface area contributed by atoms with Crippen LogP contribution in [0.5, 0.6) is 0 Å². The summed E-state index contributed by atoms with van der Waals surface area (Å²) in [7, 11) is 0. The molecular formula is C22H28N3O. The van der Waals surface area contributed by atoms with Gasteiger partial charge in [-0.25, -0.2) is 9.97 Å². The van der Waals surface area contributed by atoms with Crippen LogP contribution < -0.4 is 4.90 Å². The minimum atomic E-state index is 0.712. The van der Waals surface area contributed by atoms with Gasteiger partial charge in [-0.15, -0.1) is 0 Å². The van der Waals surface area contributed by atoms with Gasteiger partial charge in [0.15, 0.2) is 0 Å². The Morgan fingerprint density at radius 1 is 1.19 bits per heavy atom. The summed E-state index contributed by atoms with van der Waals surface area (Å²) >= 11 is 0. The quantitative estimate of drug-likeness (QED) is 0.759. The van der Waals surface area contributed by atoms with Crippen molar-refractivity contribution in [3.63, 3.8) is 0 Å². The minimum Gasteiger partial charge on any atom is -0.376 e. The third kappa shape index (κ3) is 4.24. The second kappa shape index (κ2) is 8.17. The molecule has 0 N–H and O–H groups in total. The number of nitrogens with zero attached hydrogens (tertiary/aromatic N) is 3. The van der Waals surface area contributed by atoms with Crippen molar-refractivity contribution in [3.05, 3.63) is 53.9 Å². The molecular weight excluding hydrogens is 322 g/mol. The fourth-order valence-electron chi connectivity index (χ4n) is 4.11. The molecule has 0 amide bonds. The van der Waals surface area contributed by atoms with E-state index in [4.69, 9.17) is 4.74 Å². The van der Waals surface area contributed by atoms with Gasteiger partial charge in [-0.2, -0.15) is 0 Å². The predicted octanol–water partition coefficient (Wildman–Crippen LogP) is 3.91. The van der Waals surface area contributed by atoms with Gasteiger partial charge in [0.1, 0.15) is 0 Å². The Morgan fingerprint density at radius 2 is 2.00 bits per heavy atom. The van der Waals surface area contributed by atoms with Crippen LogP contribution in [-0.2, 0) is 17.8 Å². The maximum atomic E-state index is 5.93. The summed E-state index contributed by atoms with van der Waals surface area (Å²) in [5, 5.41) is 0. The highest BCUT2D eigenvalue weighted by Crippen LogP contribution is 2.48. The Labute approximate surface area is 156 Å². The average molecular weight is 350 g/mol. The van der Waals surface area contributed by atoms with Crippen LogP contribution in [0.15, 0.2) is 36.7 Å². The first-order valence-corrected chi connectivity index (χ1v) is 9.92. The van der Waals surface area contributed by atoms with E-state index in [-0.39, 0.29) is 0 Å². The Morgan fingerprint density at radius 3 is 2.69 bits per heavy atom. The summed E-state index contributed by atoms with van der Waals surface area (Å²) < 4.78 is 5.93. The lowest BCUT2D eigenvalue weighted by Gasteiger charge is -2.32. The summed E-state index contributed by atoms with van der Waals surface area (Å²) in [6, 6.07) is 11.2. The number of anilines is 1. The zero-order chi connectivity index (χ0) is 17.8. The molecule has 2 fully saturated rings. The van der Waals surface area contributed by atoms with Crippen LogP contribution in [0.4, 0.5) is 5.95 Å². The molecule has 4 heteroatoms. The van der Waals surface area contributed by atoms with Gasteiger partial charge < -0.3 is 9.64 Å². The van der Waals surface area contributed by atoms with Crippen LogP contribution in [0.25, 0.3) is 0 Å². The second-order valence-corrected chi connectivity index (χ2v) is 7.66. The van der Waals surface area contributed by atoms with Crippen molar-refractivity contribution in [2.24, 2.45) is 17.8 Å². The molecule has 2 heterocycles. The first kappa shape index (κ1) is 17.5. The van der Waals surface area contributed by atoms with E-state index in [1.54, 1.807) is 0 Å². The number of piperidine rings is 1. The van der Waals surface area contributed by atoms with Crippen molar-refractivity contribution in [1.82, 2.24) is 9.97 Å². The molecule has 0 unspecified atom stereocenters. The number of aromatic nitrogens is 2. The van der Waals surface area contributed by atoms with Crippen LogP contribution >= 0.6 is 0 Å². The van der Waals surface area contributed by atoms with Crippen LogP contribution in [-0.4, -0.2) is 29.7 Å². The van der Waals surface area contributed by atoms with Crippen LogP contribution in [0.1, 0.15) is 37.3 Å². The molecule has 1 radical (unpaired) electrons. The molecule has 1 aliphatic carbocycles. The molecule has 1 aromatic heterocycles. The third-order valence-corrected chi connectivity index (χ3v) is 5.88. The fourth-order valence-corrected chi connectivity index (χ4v) is 4.11. The number of benzene rings is 1. The fraction of sp³-hybridized carbons (Fsp3) is 0.545. The zero-order valence-corrected chi connectivity index (χ0v) is 15.6. The smallest absolute Gasteiger partial charge is 0.225 e. The highest BCUT2D eigenvalue weighted by atomic mass is 16.5. The van der Waals surface area contributed by atoms with Gasteiger partial charge in [0, 0.05) is 25.5 Å². The van der Waals surface area contributed by atoms with Crippen molar-refractivity contribution >= 4 is 5.95 Å². The maximum Gasteiger partial charge on any atom is 0.225 e. The van der Waals surface area contributed by atoms with Gasteiger partial charge in [0.05, 0.1) is 13.2 Å². The third-order valence-electron chi connectivity index (χ3n) is 5.88. The molecule has 1 aromatic carbocycles. The molecule has 4 nitrogen and oxygen atoms in total. The average Bonchev–Trinajstić information content (AvgIpc) is 3.49. The number of rotatable bonds is 7. The highest BCUT2D eigenvalue weighted by Gasteiger charge is 2.43. The molecule has 0 spiro atoms. The van der Waals surface area contributed by atoms with Gasteiger partial charge in [-0.05, 0) is 66.7 Å². The Balaban J connectivity index is 1.18. The molecule has 137 valence electrons. The lowest BCUT2D eigenvalue weighted by molar-refractivity contribution is 0.104. The van der Waals surface area contributed by atoms with Crippen LogP contribution in [0.3, 0.4) is 0 Å². The van der Waals surface area contributed by atoms with E-state index in [1.807, 2.05) is 30.6 Å². The van der Waals surface area contributed by atoms with Crippen molar-refractivity contribution in [2.45, 2.75) is 39.2 Å². The van der Waals surface area contributed by atoms with E-state index in [0.29, 0.717) is 6.61 Å². The van der Waals surface area contributed by atoms with E-state index in [9.17, 15) is 0 Å². The summed E-state index contributed by atoms with van der Waals surface area (Å²) in [4.78, 5) is 11.4. The SMILES string of the molecule is CCc1cnc(N2CCC([C@H]3C[C@H]3COCc3c[c]ccc3)CC2)nc1. The van der Waals surface area contributed by atoms with Gasteiger partial charge >= 0.3 is 0 Å². The van der Waals surface area contributed by atoms with Crippen LogP contribution in [0, 0.1) is 23.8 Å². The minimum absolute atomic E-state index is 0.712. The topological polar surface area (TPSA) is 38.2 Å². The molecule has 26 heavy (non-hydrogen) atoms. The lowest BCUT2D eigenvalue weighted by atomic mass is 9.91. The number of aryl methyl sites for hydroxylation is 1. The van der Waals surface area contributed by atoms with Crippen LogP contribution in [0.2, 0.25) is 0 Å². The van der Waals surface area contributed by atoms with E-state index in [0.717, 1.165) is 49.8 Å². The van der Waals surface area contributed by atoms with Crippen molar-refractivity contribution in [1.29, 1.82) is 0 Å². The molecule has 2 aliphatic rings. The molecule has 1 saturated heterocycles. The van der Waals surface area contributed by atoms with E-state index in [2.05, 4.69) is 33.9 Å².